The van der Waals surface area contributed by atoms with Crippen LogP contribution in [0.4, 0.5) is 0 Å². The summed E-state index contributed by atoms with van der Waals surface area (Å²) < 4.78 is 0. The van der Waals surface area contributed by atoms with Crippen LogP contribution in [0.2, 0.25) is 0 Å². The molecular weight excluding hydrogens is 152 g/mol. The molecular formula is C9H20N2O. The van der Waals surface area contributed by atoms with Crippen molar-refractivity contribution in [2.24, 2.45) is 0 Å². The fourth-order valence-corrected chi connectivity index (χ4v) is 1.04. The molecule has 3 heteroatoms. The Kier molecular flexibility index (Phi) is 4.24. The van der Waals surface area contributed by atoms with Gasteiger partial charge in [-0.1, -0.05) is 0 Å². The molecule has 0 saturated heterocycles. The van der Waals surface area contributed by atoms with Gasteiger partial charge in [-0.3, -0.25) is 4.79 Å². The third-order valence-corrected chi connectivity index (χ3v) is 1.39. The topological polar surface area (TPSA) is 41.1 Å². The van der Waals surface area contributed by atoms with E-state index < -0.39 is 0 Å². The van der Waals surface area contributed by atoms with Gasteiger partial charge in [0.2, 0.25) is 5.91 Å². The standard InChI is InChI=1S/C9H20N2O/c1-6-10-8(12)7(2)11-9(3,4)5/h7,11H,6H2,1-5H3,(H,10,12)/t7-/m1/s1. The van der Waals surface area contributed by atoms with Crippen LogP contribution in [0.3, 0.4) is 0 Å². The zero-order chi connectivity index (χ0) is 9.78. The van der Waals surface area contributed by atoms with Crippen LogP contribution in [0.15, 0.2) is 0 Å². The molecule has 0 radical (unpaired) electrons. The Morgan fingerprint density at radius 2 is 1.92 bits per heavy atom. The van der Waals surface area contributed by atoms with Crippen LogP contribution in [0.25, 0.3) is 0 Å². The summed E-state index contributed by atoms with van der Waals surface area (Å²) >= 11 is 0. The molecule has 0 aromatic rings. The van der Waals surface area contributed by atoms with Gasteiger partial charge in [0.25, 0.3) is 0 Å². The highest BCUT2D eigenvalue weighted by atomic mass is 16.2. The number of carbonyl (C=O) groups excluding carboxylic acids is 1. The number of nitrogens with one attached hydrogen (secondary N) is 2. The van der Waals surface area contributed by atoms with E-state index in [0.29, 0.717) is 6.54 Å². The van der Waals surface area contributed by atoms with Gasteiger partial charge in [-0.25, -0.2) is 0 Å². The Morgan fingerprint density at radius 3 is 2.25 bits per heavy atom. The fourth-order valence-electron chi connectivity index (χ4n) is 1.04. The highest BCUT2D eigenvalue weighted by Crippen LogP contribution is 2.00. The molecule has 0 aliphatic carbocycles. The van der Waals surface area contributed by atoms with Crippen molar-refractivity contribution in [3.63, 3.8) is 0 Å². The lowest BCUT2D eigenvalue weighted by molar-refractivity contribution is -0.123. The summed E-state index contributed by atoms with van der Waals surface area (Å²) in [5.41, 5.74) is -0.00943. The molecule has 0 saturated carbocycles. The molecule has 1 amide bonds. The van der Waals surface area contributed by atoms with E-state index in [1.54, 1.807) is 0 Å². The summed E-state index contributed by atoms with van der Waals surface area (Å²) in [6.07, 6.45) is 0. The molecule has 0 unspecified atom stereocenters. The van der Waals surface area contributed by atoms with Gasteiger partial charge in [-0.05, 0) is 34.6 Å². The largest absolute Gasteiger partial charge is 0.355 e. The molecule has 0 bridgehead atoms. The lowest BCUT2D eigenvalue weighted by Crippen LogP contribution is -2.49. The van der Waals surface area contributed by atoms with E-state index in [2.05, 4.69) is 10.6 Å². The quantitative estimate of drug-likeness (QED) is 0.664. The van der Waals surface area contributed by atoms with Crippen molar-refractivity contribution in [2.75, 3.05) is 6.54 Å². The molecule has 0 aliphatic rings. The monoisotopic (exact) mass is 172 g/mol. The number of carbonyl (C=O) groups is 1. The summed E-state index contributed by atoms with van der Waals surface area (Å²) in [6, 6.07) is -0.120. The van der Waals surface area contributed by atoms with Crippen molar-refractivity contribution >= 4 is 5.91 Å². The van der Waals surface area contributed by atoms with E-state index in [-0.39, 0.29) is 17.5 Å². The summed E-state index contributed by atoms with van der Waals surface area (Å²) in [7, 11) is 0. The number of hydrogen-bond donors (Lipinski definition) is 2. The third kappa shape index (κ3) is 5.13. The van der Waals surface area contributed by atoms with Gasteiger partial charge in [-0.2, -0.15) is 0 Å². The van der Waals surface area contributed by atoms with Gasteiger partial charge >= 0.3 is 0 Å². The van der Waals surface area contributed by atoms with Crippen LogP contribution in [0, 0.1) is 0 Å². The molecule has 0 aliphatic heterocycles. The number of amides is 1. The number of rotatable bonds is 3. The van der Waals surface area contributed by atoms with Crippen molar-refractivity contribution in [3.8, 4) is 0 Å². The van der Waals surface area contributed by atoms with Gasteiger partial charge in [0.15, 0.2) is 0 Å². The number of likely N-dealkylation sites (N-methyl/N-ethyl adjacent to an activating group) is 1. The molecule has 3 nitrogen and oxygen atoms in total. The first-order valence-electron chi connectivity index (χ1n) is 4.42. The predicted octanol–water partition coefficient (Wildman–Crippen LogP) is 0.899. The highest BCUT2D eigenvalue weighted by molar-refractivity contribution is 5.81. The van der Waals surface area contributed by atoms with E-state index in [1.807, 2.05) is 34.6 Å². The Labute approximate surface area is 74.9 Å². The Morgan fingerprint density at radius 1 is 1.42 bits per heavy atom. The molecule has 12 heavy (non-hydrogen) atoms. The molecule has 2 N–H and O–H groups in total. The minimum Gasteiger partial charge on any atom is -0.355 e. The third-order valence-electron chi connectivity index (χ3n) is 1.39. The normalized spacial score (nSPS) is 14.1. The van der Waals surface area contributed by atoms with E-state index in [0.717, 1.165) is 0 Å². The second-order valence-electron chi connectivity index (χ2n) is 4.01. The van der Waals surface area contributed by atoms with Crippen LogP contribution in [0.5, 0.6) is 0 Å². The first-order chi connectivity index (χ1) is 5.37. The Hall–Kier alpha value is -0.570. The summed E-state index contributed by atoms with van der Waals surface area (Å²) in [5.74, 6) is 0.0624. The van der Waals surface area contributed by atoms with E-state index in [4.69, 9.17) is 0 Å². The lowest BCUT2D eigenvalue weighted by atomic mass is 10.1. The minimum absolute atomic E-state index is 0.00943. The first-order valence-corrected chi connectivity index (χ1v) is 4.42. The summed E-state index contributed by atoms with van der Waals surface area (Å²) in [4.78, 5) is 11.2. The van der Waals surface area contributed by atoms with Crippen LogP contribution < -0.4 is 10.6 Å². The fraction of sp³-hybridized carbons (Fsp3) is 0.889. The maximum absolute atomic E-state index is 11.2. The lowest BCUT2D eigenvalue weighted by Gasteiger charge is -2.25. The maximum atomic E-state index is 11.2. The van der Waals surface area contributed by atoms with E-state index >= 15 is 0 Å². The molecule has 0 rings (SSSR count). The SMILES string of the molecule is CCNC(=O)[C@@H](C)NC(C)(C)C. The van der Waals surface area contributed by atoms with Crippen LogP contribution in [0.1, 0.15) is 34.6 Å². The summed E-state index contributed by atoms with van der Waals surface area (Å²) in [6.45, 7) is 10.6. The molecule has 0 spiro atoms. The van der Waals surface area contributed by atoms with Gasteiger partial charge in [-0.15, -0.1) is 0 Å². The van der Waals surface area contributed by atoms with Crippen molar-refractivity contribution in [2.45, 2.75) is 46.2 Å². The molecule has 1 atom stereocenters. The highest BCUT2D eigenvalue weighted by Gasteiger charge is 2.18. The minimum atomic E-state index is -0.120. The van der Waals surface area contributed by atoms with Gasteiger partial charge in [0, 0.05) is 12.1 Å². The molecule has 0 heterocycles. The first kappa shape index (κ1) is 11.4. The molecule has 0 aromatic heterocycles. The molecule has 72 valence electrons. The zero-order valence-electron chi connectivity index (χ0n) is 8.69. The van der Waals surface area contributed by atoms with Crippen LogP contribution in [-0.4, -0.2) is 24.0 Å². The average Bonchev–Trinajstić information content (AvgIpc) is 1.84. The van der Waals surface area contributed by atoms with Crippen molar-refractivity contribution < 1.29 is 4.79 Å². The van der Waals surface area contributed by atoms with Crippen molar-refractivity contribution in [1.82, 2.24) is 10.6 Å². The second kappa shape index (κ2) is 4.45. The van der Waals surface area contributed by atoms with Crippen LogP contribution >= 0.6 is 0 Å². The van der Waals surface area contributed by atoms with E-state index in [9.17, 15) is 4.79 Å². The van der Waals surface area contributed by atoms with Crippen molar-refractivity contribution in [3.05, 3.63) is 0 Å². The molecule has 0 aromatic carbocycles. The summed E-state index contributed by atoms with van der Waals surface area (Å²) in [5, 5.41) is 5.96. The average molecular weight is 172 g/mol. The van der Waals surface area contributed by atoms with Gasteiger partial charge in [0.05, 0.1) is 6.04 Å². The van der Waals surface area contributed by atoms with Gasteiger partial charge < -0.3 is 10.6 Å². The zero-order valence-corrected chi connectivity index (χ0v) is 8.69. The Bertz CT molecular complexity index is 149. The van der Waals surface area contributed by atoms with E-state index in [1.165, 1.54) is 0 Å². The maximum Gasteiger partial charge on any atom is 0.236 e. The molecule has 0 fully saturated rings. The predicted molar refractivity (Wildman–Crippen MR) is 51.0 cm³/mol. The Balaban J connectivity index is 3.87. The van der Waals surface area contributed by atoms with Crippen LogP contribution in [-0.2, 0) is 4.79 Å². The van der Waals surface area contributed by atoms with Gasteiger partial charge in [0.1, 0.15) is 0 Å². The number of hydrogen-bond acceptors (Lipinski definition) is 2. The van der Waals surface area contributed by atoms with Crippen molar-refractivity contribution in [1.29, 1.82) is 0 Å². The second-order valence-corrected chi connectivity index (χ2v) is 4.01. The smallest absolute Gasteiger partial charge is 0.236 e.